The van der Waals surface area contributed by atoms with Crippen molar-refractivity contribution in [3.05, 3.63) is 0 Å². The van der Waals surface area contributed by atoms with Gasteiger partial charge in [-0.15, -0.1) is 3.82 Å². The fourth-order valence-electron chi connectivity index (χ4n) is 0.293. The van der Waals surface area contributed by atoms with Gasteiger partial charge in [0.15, 0.2) is 0 Å². The summed E-state index contributed by atoms with van der Waals surface area (Å²) in [6.45, 7) is 0.767. The number of nitrogens with zero attached hydrogens (tertiary/aromatic N) is 1. The zero-order valence-electron chi connectivity index (χ0n) is 3.42. The SMILES string of the molecule is S=C1CNN(S)S1. The summed E-state index contributed by atoms with van der Waals surface area (Å²) in [5, 5.41) is 0. The van der Waals surface area contributed by atoms with E-state index in [4.69, 9.17) is 12.2 Å². The van der Waals surface area contributed by atoms with Crippen molar-refractivity contribution >= 4 is 41.2 Å². The lowest BCUT2D eigenvalue weighted by atomic mass is 10.8. The molecule has 40 valence electrons. The van der Waals surface area contributed by atoms with Gasteiger partial charge in [0.05, 0.1) is 10.7 Å². The molecule has 0 radical (unpaired) electrons. The number of hydrogen-bond donors (Lipinski definition) is 2. The Balaban J connectivity index is 2.40. The van der Waals surface area contributed by atoms with E-state index in [0.717, 1.165) is 10.7 Å². The van der Waals surface area contributed by atoms with E-state index in [-0.39, 0.29) is 0 Å². The lowest BCUT2D eigenvalue weighted by Crippen LogP contribution is -2.16. The van der Waals surface area contributed by atoms with Crippen LogP contribution in [0.5, 0.6) is 0 Å². The van der Waals surface area contributed by atoms with Gasteiger partial charge in [-0.25, -0.2) is 5.43 Å². The average Bonchev–Trinajstić information content (AvgIpc) is 1.87. The number of nitrogens with one attached hydrogen (secondary N) is 1. The molecule has 7 heavy (non-hydrogen) atoms. The predicted molar refractivity (Wildman–Crippen MR) is 39.0 cm³/mol. The zero-order chi connectivity index (χ0) is 5.28. The third-order valence-corrected chi connectivity index (χ3v) is 1.95. The van der Waals surface area contributed by atoms with Gasteiger partial charge >= 0.3 is 0 Å². The van der Waals surface area contributed by atoms with Gasteiger partial charge in [-0.05, 0) is 11.9 Å². The van der Waals surface area contributed by atoms with Crippen LogP contribution < -0.4 is 5.43 Å². The van der Waals surface area contributed by atoms with Crippen LogP contribution in [-0.4, -0.2) is 14.6 Å². The van der Waals surface area contributed by atoms with E-state index in [9.17, 15) is 0 Å². The molecule has 0 saturated carbocycles. The second kappa shape index (κ2) is 2.32. The molecule has 0 spiro atoms. The fraction of sp³-hybridized carbons (Fsp3) is 0.500. The standard InChI is InChI=1S/C2H4N2S3/c5-2-1-3-4(6)7-2/h3,6H,1H2. The Kier molecular flexibility index (Phi) is 1.94. The average molecular weight is 152 g/mol. The highest BCUT2D eigenvalue weighted by atomic mass is 32.2. The van der Waals surface area contributed by atoms with Crippen molar-refractivity contribution in [2.75, 3.05) is 6.54 Å². The molecule has 1 aliphatic heterocycles. The molecule has 0 unspecified atom stereocenters. The monoisotopic (exact) mass is 152 g/mol. The summed E-state index contributed by atoms with van der Waals surface area (Å²) in [5.41, 5.74) is 2.89. The van der Waals surface area contributed by atoms with Gasteiger partial charge in [0, 0.05) is 0 Å². The van der Waals surface area contributed by atoms with E-state index in [1.807, 2.05) is 0 Å². The Bertz CT molecular complexity index is 92.9. The third-order valence-electron chi connectivity index (χ3n) is 0.547. The summed E-state index contributed by atoms with van der Waals surface area (Å²) in [4.78, 5) is 0. The van der Waals surface area contributed by atoms with Gasteiger partial charge in [-0.3, -0.25) is 0 Å². The van der Waals surface area contributed by atoms with Gasteiger partial charge in [0.1, 0.15) is 0 Å². The molecule has 0 aromatic heterocycles. The molecule has 0 bridgehead atoms. The Hall–Kier alpha value is 0.710. The fourth-order valence-corrected chi connectivity index (χ4v) is 1.56. The molecule has 0 aromatic carbocycles. The highest BCUT2D eigenvalue weighted by Gasteiger charge is 2.11. The summed E-state index contributed by atoms with van der Waals surface area (Å²) in [7, 11) is 0. The molecule has 1 rings (SSSR count). The Morgan fingerprint density at radius 1 is 2.00 bits per heavy atom. The molecular formula is C2H4N2S3. The molecule has 0 atom stereocenters. The van der Waals surface area contributed by atoms with Crippen LogP contribution in [0.25, 0.3) is 0 Å². The number of thiocarbonyl (C=S) groups is 1. The number of thiol groups is 1. The van der Waals surface area contributed by atoms with Gasteiger partial charge < -0.3 is 0 Å². The lowest BCUT2D eigenvalue weighted by molar-refractivity contribution is 0.614. The summed E-state index contributed by atoms with van der Waals surface area (Å²) < 4.78 is 2.54. The molecule has 5 heteroatoms. The summed E-state index contributed by atoms with van der Waals surface area (Å²) in [6, 6.07) is 0. The molecule has 1 N–H and O–H groups in total. The van der Waals surface area contributed by atoms with Crippen molar-refractivity contribution in [1.29, 1.82) is 0 Å². The van der Waals surface area contributed by atoms with Crippen LogP contribution in [0.1, 0.15) is 0 Å². The first-order valence-corrected chi connectivity index (χ1v) is 3.30. The molecule has 0 amide bonds. The second-order valence-electron chi connectivity index (χ2n) is 1.07. The predicted octanol–water partition coefficient (Wildman–Crippen LogP) is 0.627. The first-order chi connectivity index (χ1) is 3.29. The minimum atomic E-state index is 0.767. The molecular weight excluding hydrogens is 148 g/mol. The van der Waals surface area contributed by atoms with Gasteiger partial charge in [-0.2, -0.15) is 0 Å². The van der Waals surface area contributed by atoms with Gasteiger partial charge in [-0.1, -0.05) is 25.0 Å². The Morgan fingerprint density at radius 2 is 2.71 bits per heavy atom. The first-order valence-electron chi connectivity index (χ1n) is 1.72. The molecule has 1 heterocycles. The second-order valence-corrected chi connectivity index (χ2v) is 3.53. The molecule has 1 aliphatic rings. The Morgan fingerprint density at radius 3 is 2.86 bits per heavy atom. The molecule has 0 aromatic rings. The van der Waals surface area contributed by atoms with E-state index in [0.29, 0.717) is 0 Å². The highest BCUT2D eigenvalue weighted by molar-refractivity contribution is 8.25. The minimum absolute atomic E-state index is 0.767. The van der Waals surface area contributed by atoms with E-state index in [2.05, 4.69) is 18.2 Å². The normalized spacial score (nSPS) is 23.9. The van der Waals surface area contributed by atoms with Crippen LogP contribution >= 0.6 is 37.0 Å². The summed E-state index contributed by atoms with van der Waals surface area (Å²) in [6.07, 6.45) is 0. The summed E-state index contributed by atoms with van der Waals surface area (Å²) >= 11 is 10.2. The molecule has 0 aliphatic carbocycles. The van der Waals surface area contributed by atoms with E-state index in [1.54, 1.807) is 3.82 Å². The smallest absolute Gasteiger partial charge is 0.0809 e. The number of hydrazine groups is 1. The zero-order valence-corrected chi connectivity index (χ0v) is 5.95. The lowest BCUT2D eigenvalue weighted by Gasteiger charge is -1.98. The third kappa shape index (κ3) is 1.58. The summed E-state index contributed by atoms with van der Waals surface area (Å²) in [5.74, 6) is 0. The van der Waals surface area contributed by atoms with E-state index in [1.165, 1.54) is 11.9 Å². The highest BCUT2D eigenvalue weighted by Crippen LogP contribution is 2.16. The maximum atomic E-state index is 4.81. The maximum absolute atomic E-state index is 4.81. The van der Waals surface area contributed by atoms with Crippen molar-refractivity contribution in [3.8, 4) is 0 Å². The van der Waals surface area contributed by atoms with Crippen LogP contribution in [0.4, 0.5) is 0 Å². The van der Waals surface area contributed by atoms with Crippen LogP contribution in [-0.2, 0) is 0 Å². The van der Waals surface area contributed by atoms with Gasteiger partial charge in [0.2, 0.25) is 0 Å². The molecule has 2 nitrogen and oxygen atoms in total. The largest absolute Gasteiger partial charge is 0.229 e. The van der Waals surface area contributed by atoms with Crippen molar-refractivity contribution in [3.63, 3.8) is 0 Å². The van der Waals surface area contributed by atoms with E-state index < -0.39 is 0 Å². The first kappa shape index (κ1) is 5.84. The van der Waals surface area contributed by atoms with Crippen LogP contribution in [0.2, 0.25) is 0 Å². The minimum Gasteiger partial charge on any atom is -0.229 e. The van der Waals surface area contributed by atoms with Crippen molar-refractivity contribution in [2.24, 2.45) is 0 Å². The van der Waals surface area contributed by atoms with Crippen LogP contribution in [0.3, 0.4) is 0 Å². The van der Waals surface area contributed by atoms with Crippen LogP contribution in [0, 0.1) is 0 Å². The number of hydrogen-bond acceptors (Lipinski definition) is 5. The Labute approximate surface area is 57.3 Å². The van der Waals surface area contributed by atoms with Crippen molar-refractivity contribution in [1.82, 2.24) is 9.25 Å². The quantitative estimate of drug-likeness (QED) is 0.300. The topological polar surface area (TPSA) is 15.3 Å². The number of rotatable bonds is 0. The van der Waals surface area contributed by atoms with Gasteiger partial charge in [0.25, 0.3) is 0 Å². The molecule has 1 fully saturated rings. The van der Waals surface area contributed by atoms with E-state index >= 15 is 0 Å². The maximum Gasteiger partial charge on any atom is 0.0809 e. The molecule has 1 saturated heterocycles. The van der Waals surface area contributed by atoms with Crippen molar-refractivity contribution < 1.29 is 0 Å². The van der Waals surface area contributed by atoms with Crippen molar-refractivity contribution in [2.45, 2.75) is 0 Å². The van der Waals surface area contributed by atoms with Crippen LogP contribution in [0.15, 0.2) is 0 Å².